The second-order valence-electron chi connectivity index (χ2n) is 2.50. The molecule has 1 heterocycles. The van der Waals surface area contributed by atoms with Crippen LogP contribution in [-0.4, -0.2) is 23.9 Å². The molecule has 13 heavy (non-hydrogen) atoms. The van der Waals surface area contributed by atoms with Crippen LogP contribution in [0.1, 0.15) is 5.69 Å². The van der Waals surface area contributed by atoms with Crippen molar-refractivity contribution in [2.24, 2.45) is 0 Å². The van der Waals surface area contributed by atoms with Crippen LogP contribution in [0.4, 0.5) is 0 Å². The Balaban J connectivity index is 1.94. The van der Waals surface area contributed by atoms with Crippen molar-refractivity contribution in [1.82, 2.24) is 9.19 Å². The fourth-order valence-corrected chi connectivity index (χ4v) is 2.91. The number of benzene rings is 1. The van der Waals surface area contributed by atoms with E-state index >= 15 is 0 Å². The van der Waals surface area contributed by atoms with Gasteiger partial charge in [0.25, 0.3) is 0 Å². The van der Waals surface area contributed by atoms with E-state index in [1.807, 2.05) is 6.07 Å². The summed E-state index contributed by atoms with van der Waals surface area (Å²) in [5.74, 6) is 0.940. The van der Waals surface area contributed by atoms with E-state index < -0.39 is 0 Å². The van der Waals surface area contributed by atoms with Gasteiger partial charge < -0.3 is 0 Å². The zero-order valence-corrected chi connectivity index (χ0v) is 9.41. The van der Waals surface area contributed by atoms with Gasteiger partial charge in [0.15, 0.2) is 0 Å². The number of aromatic nitrogens is 2. The standard InChI is InChI=1S/C9H8N2SSe/c1-2-4-9(5-3-1)12-6-8-7-13-11-10-8/h1-5,7H,6H2. The second kappa shape index (κ2) is 4.61. The molecule has 2 nitrogen and oxygen atoms in total. The first-order valence-corrected chi connectivity index (χ1v) is 6.63. The molecule has 0 saturated carbocycles. The normalized spacial score (nSPS) is 10.2. The van der Waals surface area contributed by atoms with Gasteiger partial charge in [0, 0.05) is 0 Å². The Kier molecular flexibility index (Phi) is 3.19. The minimum atomic E-state index is 0.270. The third kappa shape index (κ3) is 2.69. The Labute approximate surface area is 87.4 Å². The number of rotatable bonds is 3. The maximum atomic E-state index is 4.04. The molecular formula is C9H8N2SSe. The maximum absolute atomic E-state index is 4.04. The van der Waals surface area contributed by atoms with E-state index in [9.17, 15) is 0 Å². The van der Waals surface area contributed by atoms with Gasteiger partial charge in [-0.3, -0.25) is 0 Å². The monoisotopic (exact) mass is 256 g/mol. The van der Waals surface area contributed by atoms with E-state index in [4.69, 9.17) is 0 Å². The first kappa shape index (κ1) is 9.00. The van der Waals surface area contributed by atoms with Crippen LogP contribution in [0.2, 0.25) is 0 Å². The van der Waals surface area contributed by atoms with Crippen molar-refractivity contribution < 1.29 is 0 Å². The van der Waals surface area contributed by atoms with Crippen LogP contribution in [0.5, 0.6) is 0 Å². The van der Waals surface area contributed by atoms with E-state index in [1.165, 1.54) is 4.90 Å². The Morgan fingerprint density at radius 3 is 2.77 bits per heavy atom. The third-order valence-corrected chi connectivity index (χ3v) is 3.74. The molecule has 66 valence electrons. The van der Waals surface area contributed by atoms with E-state index in [-0.39, 0.29) is 14.7 Å². The van der Waals surface area contributed by atoms with Crippen LogP contribution in [-0.2, 0) is 5.75 Å². The van der Waals surface area contributed by atoms with Crippen molar-refractivity contribution in [2.75, 3.05) is 0 Å². The Bertz CT molecular complexity index is 347. The zero-order chi connectivity index (χ0) is 8.93. The summed E-state index contributed by atoms with van der Waals surface area (Å²) in [5.41, 5.74) is 1.12. The molecule has 0 amide bonds. The topological polar surface area (TPSA) is 25.8 Å². The molecule has 0 fully saturated rings. The van der Waals surface area contributed by atoms with Crippen molar-refractivity contribution in [3.05, 3.63) is 41.0 Å². The summed E-state index contributed by atoms with van der Waals surface area (Å²) >= 11 is 2.08. The molecule has 4 heteroatoms. The molecule has 2 aromatic rings. The second-order valence-corrected chi connectivity index (χ2v) is 4.83. The molecule has 0 aliphatic carbocycles. The van der Waals surface area contributed by atoms with E-state index in [1.54, 1.807) is 11.8 Å². The summed E-state index contributed by atoms with van der Waals surface area (Å²) in [5, 5.41) is 4.04. The summed E-state index contributed by atoms with van der Waals surface area (Å²) in [6.07, 6.45) is 0. The van der Waals surface area contributed by atoms with Gasteiger partial charge in [-0.05, 0) is 0 Å². The molecule has 0 bridgehead atoms. The average molecular weight is 255 g/mol. The summed E-state index contributed by atoms with van der Waals surface area (Å²) < 4.78 is 3.96. The van der Waals surface area contributed by atoms with E-state index in [0.717, 1.165) is 11.4 Å². The van der Waals surface area contributed by atoms with Gasteiger partial charge in [-0.15, -0.1) is 0 Å². The molecule has 0 unspecified atom stereocenters. The average Bonchev–Trinajstić information content (AvgIpc) is 2.69. The summed E-state index contributed by atoms with van der Waals surface area (Å²) in [6.45, 7) is 0. The van der Waals surface area contributed by atoms with Crippen LogP contribution < -0.4 is 0 Å². The third-order valence-electron chi connectivity index (χ3n) is 1.54. The van der Waals surface area contributed by atoms with Crippen LogP contribution in [0.15, 0.2) is 40.2 Å². The van der Waals surface area contributed by atoms with Crippen molar-refractivity contribution in [3.8, 4) is 0 Å². The Morgan fingerprint density at radius 1 is 1.23 bits per heavy atom. The Hall–Kier alpha value is -0.571. The van der Waals surface area contributed by atoms with Gasteiger partial charge in [-0.1, -0.05) is 0 Å². The molecule has 0 atom stereocenters. The van der Waals surface area contributed by atoms with Gasteiger partial charge in [0.05, 0.1) is 0 Å². The van der Waals surface area contributed by atoms with Crippen LogP contribution in [0, 0.1) is 0 Å². The van der Waals surface area contributed by atoms with Crippen molar-refractivity contribution in [3.63, 3.8) is 0 Å². The summed E-state index contributed by atoms with van der Waals surface area (Å²) in [4.78, 5) is 3.42. The molecule has 2 rings (SSSR count). The van der Waals surface area contributed by atoms with Crippen molar-refractivity contribution >= 4 is 26.5 Å². The van der Waals surface area contributed by atoms with Crippen LogP contribution >= 0.6 is 11.8 Å². The fraction of sp³-hybridized carbons (Fsp3) is 0.111. The SMILES string of the molecule is c1ccc(SCc2c[se]nn2)cc1. The van der Waals surface area contributed by atoms with Gasteiger partial charge in [0.1, 0.15) is 0 Å². The molecule has 0 N–H and O–H groups in total. The molecular weight excluding hydrogens is 247 g/mol. The van der Waals surface area contributed by atoms with Crippen LogP contribution in [0.3, 0.4) is 0 Å². The van der Waals surface area contributed by atoms with E-state index in [0.29, 0.717) is 0 Å². The zero-order valence-electron chi connectivity index (χ0n) is 6.88. The number of hydrogen-bond acceptors (Lipinski definition) is 3. The van der Waals surface area contributed by atoms with Crippen LogP contribution in [0.25, 0.3) is 0 Å². The molecule has 1 aromatic carbocycles. The van der Waals surface area contributed by atoms with Gasteiger partial charge in [0.2, 0.25) is 0 Å². The first-order chi connectivity index (χ1) is 6.45. The molecule has 0 aliphatic rings. The molecule has 1 aromatic heterocycles. The first-order valence-electron chi connectivity index (χ1n) is 3.89. The number of hydrogen-bond donors (Lipinski definition) is 0. The van der Waals surface area contributed by atoms with Gasteiger partial charge >= 0.3 is 87.3 Å². The number of nitrogens with zero attached hydrogens (tertiary/aromatic N) is 2. The molecule has 0 saturated heterocycles. The van der Waals surface area contributed by atoms with Gasteiger partial charge in [-0.25, -0.2) is 0 Å². The molecule has 0 radical (unpaired) electrons. The van der Waals surface area contributed by atoms with Crippen molar-refractivity contribution in [1.29, 1.82) is 0 Å². The quantitative estimate of drug-likeness (QED) is 0.618. The predicted octanol–water partition coefficient (Wildman–Crippen LogP) is 1.83. The predicted molar refractivity (Wildman–Crippen MR) is 55.0 cm³/mol. The summed E-state index contributed by atoms with van der Waals surface area (Å²) in [7, 11) is 0. The molecule has 0 spiro atoms. The Morgan fingerprint density at radius 2 is 2.08 bits per heavy atom. The fourth-order valence-electron chi connectivity index (χ4n) is 0.921. The number of thioether (sulfide) groups is 1. The van der Waals surface area contributed by atoms with Gasteiger partial charge in [-0.2, -0.15) is 0 Å². The van der Waals surface area contributed by atoms with Crippen molar-refractivity contribution in [2.45, 2.75) is 10.6 Å². The minimum absolute atomic E-state index is 0.270. The molecule has 0 aliphatic heterocycles. The van der Waals surface area contributed by atoms with E-state index in [2.05, 4.69) is 38.4 Å². The summed E-state index contributed by atoms with van der Waals surface area (Å²) in [6, 6.07) is 10.4.